The summed E-state index contributed by atoms with van der Waals surface area (Å²) in [7, 11) is 0. The number of carbonyl (C=O) groups excluding carboxylic acids is 1. The highest BCUT2D eigenvalue weighted by molar-refractivity contribution is 5.82. The molecule has 12 nitrogen and oxygen atoms in total. The normalized spacial score (nSPS) is 56.7. The fourth-order valence-corrected chi connectivity index (χ4v) is 14.3. The van der Waals surface area contributed by atoms with Gasteiger partial charge < -0.3 is 55.3 Å². The fourth-order valence-electron chi connectivity index (χ4n) is 14.3. The first-order valence-corrected chi connectivity index (χ1v) is 20.3. The Kier molecular flexibility index (Phi) is 10.4. The van der Waals surface area contributed by atoms with Crippen LogP contribution in [0.2, 0.25) is 0 Å². The van der Waals surface area contributed by atoms with Crippen molar-refractivity contribution in [2.45, 2.75) is 167 Å². The summed E-state index contributed by atoms with van der Waals surface area (Å²) in [5, 5.41) is 64.2. The molecule has 0 radical (unpaired) electrons. The molecule has 0 bridgehead atoms. The van der Waals surface area contributed by atoms with Crippen molar-refractivity contribution in [1.82, 2.24) is 0 Å². The van der Waals surface area contributed by atoms with Crippen molar-refractivity contribution in [3.63, 3.8) is 0 Å². The Labute approximate surface area is 314 Å². The number of nitrogens with two attached hydrogens (primary N) is 1. The molecule has 0 aromatic carbocycles. The minimum Gasteiger partial charge on any atom is -0.396 e. The van der Waals surface area contributed by atoms with Crippen molar-refractivity contribution < 1.29 is 54.4 Å². The van der Waals surface area contributed by atoms with Crippen LogP contribution >= 0.6 is 0 Å². The molecule has 0 spiro atoms. The minimum atomic E-state index is -1.61. The third kappa shape index (κ3) is 5.69. The number of hydrogen-bond acceptors (Lipinski definition) is 11. The molecule has 8 N–H and O–H groups in total. The Bertz CT molecular complexity index is 1420. The molecule has 7 aliphatic rings. The number of primary amides is 1. The fraction of sp³-hybridized carbons (Fsp3) is 0.927. The van der Waals surface area contributed by atoms with E-state index in [9.17, 15) is 35.4 Å². The zero-order valence-corrected chi connectivity index (χ0v) is 32.7. The first-order chi connectivity index (χ1) is 24.8. The summed E-state index contributed by atoms with van der Waals surface area (Å²) >= 11 is 0. The lowest BCUT2D eigenvalue weighted by molar-refractivity contribution is -0.366. The third-order valence-corrected chi connectivity index (χ3v) is 17.5. The SMILES string of the molecule is C=C(C)[C@@H]1CC[C@]2(C(N)=O)CC[C@]3(C)[C@H](CC[C@@H]4[C@@]5(C)CC[C@H](O[C@@H]6OC[C@H](O)[C@H](O)[C@H]6O[C@@H]6O[C@@H](C)[C@H](O)[C@@H](O)[C@H]6O)[C@@](C)(CO)[C@@H]5CC[C@]43C)[C@@H]12. The summed E-state index contributed by atoms with van der Waals surface area (Å²) in [5.41, 5.74) is 6.30. The smallest absolute Gasteiger partial charge is 0.223 e. The molecule has 7 fully saturated rings. The van der Waals surface area contributed by atoms with Crippen LogP contribution in [0.5, 0.6) is 0 Å². The van der Waals surface area contributed by atoms with Crippen molar-refractivity contribution >= 4 is 5.91 Å². The Hall–Kier alpha value is -1.19. The number of rotatable bonds is 7. The molecule has 5 saturated carbocycles. The van der Waals surface area contributed by atoms with Gasteiger partial charge in [0.1, 0.15) is 36.6 Å². The highest BCUT2D eigenvalue weighted by Crippen LogP contribution is 2.77. The van der Waals surface area contributed by atoms with E-state index in [1.165, 1.54) is 12.5 Å². The van der Waals surface area contributed by atoms with Gasteiger partial charge in [0.05, 0.1) is 30.8 Å². The van der Waals surface area contributed by atoms with Gasteiger partial charge in [-0.15, -0.1) is 0 Å². The van der Waals surface area contributed by atoms with Crippen LogP contribution in [0.3, 0.4) is 0 Å². The van der Waals surface area contributed by atoms with Crippen LogP contribution in [0, 0.1) is 56.7 Å². The monoisotopic (exact) mass is 749 g/mol. The van der Waals surface area contributed by atoms with Crippen molar-refractivity contribution in [2.75, 3.05) is 13.2 Å². The number of ether oxygens (including phenoxy) is 4. The van der Waals surface area contributed by atoms with E-state index in [0.29, 0.717) is 24.2 Å². The van der Waals surface area contributed by atoms with Gasteiger partial charge in [-0.2, -0.15) is 0 Å². The van der Waals surface area contributed by atoms with Crippen molar-refractivity contribution in [2.24, 2.45) is 62.4 Å². The molecule has 2 heterocycles. The summed E-state index contributed by atoms with van der Waals surface area (Å²) in [6.45, 7) is 17.3. The predicted molar refractivity (Wildman–Crippen MR) is 193 cm³/mol. The largest absolute Gasteiger partial charge is 0.396 e. The molecule has 0 aromatic heterocycles. The zero-order valence-electron chi connectivity index (χ0n) is 32.7. The lowest BCUT2D eigenvalue weighted by Crippen LogP contribution is -2.68. The zero-order chi connectivity index (χ0) is 38.6. The first kappa shape index (κ1) is 40.0. The number of carbonyl (C=O) groups is 1. The maximum absolute atomic E-state index is 13.3. The molecule has 1 amide bonds. The van der Waals surface area contributed by atoms with Gasteiger partial charge in [0.15, 0.2) is 12.6 Å². The number of aliphatic hydroxyl groups excluding tert-OH is 6. The molecular formula is C41H67NO11. The van der Waals surface area contributed by atoms with E-state index in [-0.39, 0.29) is 47.2 Å². The molecule has 20 atom stereocenters. The molecule has 53 heavy (non-hydrogen) atoms. The molecule has 2 aliphatic heterocycles. The first-order valence-electron chi connectivity index (χ1n) is 20.3. The molecule has 7 rings (SSSR count). The molecule has 12 heteroatoms. The van der Waals surface area contributed by atoms with Crippen LogP contribution in [0.25, 0.3) is 0 Å². The van der Waals surface area contributed by atoms with E-state index in [4.69, 9.17) is 24.7 Å². The lowest BCUT2D eigenvalue weighted by atomic mass is 9.32. The van der Waals surface area contributed by atoms with Gasteiger partial charge in [-0.05, 0) is 124 Å². The third-order valence-electron chi connectivity index (χ3n) is 17.5. The number of fused-ring (bicyclic) bond motifs is 7. The molecule has 302 valence electrons. The van der Waals surface area contributed by atoms with E-state index in [1.54, 1.807) is 0 Å². The minimum absolute atomic E-state index is 0.0266. The van der Waals surface area contributed by atoms with Crippen LogP contribution in [-0.2, 0) is 23.7 Å². The van der Waals surface area contributed by atoms with Crippen molar-refractivity contribution in [1.29, 1.82) is 0 Å². The van der Waals surface area contributed by atoms with Gasteiger partial charge in [0.2, 0.25) is 5.91 Å². The van der Waals surface area contributed by atoms with Crippen LogP contribution in [0.4, 0.5) is 0 Å². The average molecular weight is 750 g/mol. The van der Waals surface area contributed by atoms with Crippen molar-refractivity contribution in [3.05, 3.63) is 12.2 Å². The van der Waals surface area contributed by atoms with Crippen LogP contribution in [-0.4, -0.2) is 111 Å². The Balaban J connectivity index is 1.14. The highest BCUT2D eigenvalue weighted by Gasteiger charge is 2.72. The molecule has 2 saturated heterocycles. The van der Waals surface area contributed by atoms with Gasteiger partial charge in [-0.1, -0.05) is 39.8 Å². The molecule has 0 unspecified atom stereocenters. The van der Waals surface area contributed by atoms with E-state index >= 15 is 0 Å². The van der Waals surface area contributed by atoms with Crippen LogP contribution < -0.4 is 5.73 Å². The summed E-state index contributed by atoms with van der Waals surface area (Å²) in [6.07, 6.45) is -3.23. The second-order valence-electron chi connectivity index (χ2n) is 19.6. The number of allylic oxidation sites excluding steroid dienone is 1. The van der Waals surface area contributed by atoms with E-state index in [0.717, 1.165) is 57.8 Å². The topological polar surface area (TPSA) is 201 Å². The summed E-state index contributed by atoms with van der Waals surface area (Å²) in [4.78, 5) is 13.3. The van der Waals surface area contributed by atoms with E-state index in [2.05, 4.69) is 41.2 Å². The molecule has 5 aliphatic carbocycles. The number of hydrogen-bond donors (Lipinski definition) is 7. The van der Waals surface area contributed by atoms with Gasteiger partial charge >= 0.3 is 0 Å². The van der Waals surface area contributed by atoms with Gasteiger partial charge in [-0.3, -0.25) is 4.79 Å². The standard InChI is InChI=1S/C41H67NO11/c1-20(2)22-10-15-41(36(42)49)17-16-39(6)23(28(22)41)8-9-26-37(4)13-12-27(38(5,19-43)25(37)11-14-40(26,39)7)52-35-33(30(46)24(44)18-50-35)53-34-32(48)31(47)29(45)21(3)51-34/h21-35,43-48H,1,8-19H2,2-7H3,(H2,42,49)/t21-,22-,23+,24-,25+,26+,27-,28+,29-,30-,31+,32+,33+,34-,35-,37-,38-,39+,40+,41-/m0/s1. The lowest BCUT2D eigenvalue weighted by Gasteiger charge is -2.73. The van der Waals surface area contributed by atoms with Crippen LogP contribution in [0.1, 0.15) is 106 Å². The number of aliphatic hydroxyl groups is 6. The van der Waals surface area contributed by atoms with Crippen molar-refractivity contribution in [3.8, 4) is 0 Å². The second-order valence-corrected chi connectivity index (χ2v) is 19.6. The quantitative estimate of drug-likeness (QED) is 0.149. The second kappa shape index (κ2) is 13.7. The summed E-state index contributed by atoms with van der Waals surface area (Å²) in [6, 6.07) is 0. The summed E-state index contributed by atoms with van der Waals surface area (Å²) in [5.74, 6) is 1.33. The molecule has 0 aromatic rings. The summed E-state index contributed by atoms with van der Waals surface area (Å²) < 4.78 is 24.4. The Morgan fingerprint density at radius 3 is 2.19 bits per heavy atom. The molecular weight excluding hydrogens is 682 g/mol. The van der Waals surface area contributed by atoms with Gasteiger partial charge in [-0.25, -0.2) is 0 Å². The average Bonchev–Trinajstić information content (AvgIpc) is 3.52. The van der Waals surface area contributed by atoms with E-state index in [1.807, 2.05) is 0 Å². The number of amides is 1. The van der Waals surface area contributed by atoms with E-state index < -0.39 is 72.2 Å². The maximum Gasteiger partial charge on any atom is 0.223 e. The Morgan fingerprint density at radius 1 is 0.811 bits per heavy atom. The maximum atomic E-state index is 13.3. The highest BCUT2D eigenvalue weighted by atomic mass is 16.8. The van der Waals surface area contributed by atoms with Gasteiger partial charge in [0.25, 0.3) is 0 Å². The van der Waals surface area contributed by atoms with Gasteiger partial charge in [0, 0.05) is 5.41 Å². The Morgan fingerprint density at radius 2 is 1.53 bits per heavy atom. The van der Waals surface area contributed by atoms with Crippen LogP contribution in [0.15, 0.2) is 12.2 Å². The predicted octanol–water partition coefficient (Wildman–Crippen LogP) is 2.78.